The van der Waals surface area contributed by atoms with Crippen molar-refractivity contribution >= 4 is 77.4 Å². The number of nitrogens with zero attached hydrogens (tertiary/aromatic N) is 4. The predicted molar refractivity (Wildman–Crippen MR) is 297 cm³/mol. The number of nitrogens with two attached hydrogens (primary N) is 1. The van der Waals surface area contributed by atoms with Gasteiger partial charge < -0.3 is 41.4 Å². The molecule has 6 amide bonds. The first kappa shape index (κ1) is 55.3. The molecule has 2 aliphatic heterocycles. The molecule has 3 unspecified atom stereocenters. The van der Waals surface area contributed by atoms with Crippen molar-refractivity contribution in [3.8, 4) is 0 Å². The van der Waals surface area contributed by atoms with Crippen LogP contribution in [0.3, 0.4) is 0 Å². The van der Waals surface area contributed by atoms with Crippen LogP contribution in [0, 0.1) is 0 Å². The number of carbonyl (C=O) groups is 6. The largest absolute Gasteiger partial charge is 0.370 e. The molecule has 17 heteroatoms. The molecule has 0 saturated carbocycles. The monoisotopic (exact) mass is 1030 g/mol. The normalized spacial score (nSPS) is 20.6. The molecule has 392 valence electrons. The van der Waals surface area contributed by atoms with Crippen LogP contribution < -0.4 is 31.9 Å². The quantitative estimate of drug-likeness (QED) is 0.0795. The highest BCUT2D eigenvalue weighted by atomic mass is 32.2. The fraction of sp³-hybridized carbons (Fsp3) is 0.345. The first-order valence-corrected chi connectivity index (χ1v) is 26.1. The Hall–Kier alpha value is -7.47. The van der Waals surface area contributed by atoms with E-state index < -0.39 is 5.41 Å². The first-order valence-electron chi connectivity index (χ1n) is 24.9. The summed E-state index contributed by atoms with van der Waals surface area (Å²) in [5, 5.41) is 11.4. The Balaban J connectivity index is 0.000000192. The van der Waals surface area contributed by atoms with Gasteiger partial charge in [-0.05, 0) is 153 Å². The molecule has 3 atom stereocenters. The summed E-state index contributed by atoms with van der Waals surface area (Å²) in [6.45, 7) is 10.3. The molecule has 75 heavy (non-hydrogen) atoms. The lowest BCUT2D eigenvalue weighted by Crippen LogP contribution is -2.50. The van der Waals surface area contributed by atoms with Gasteiger partial charge in [0.1, 0.15) is 30.6 Å². The summed E-state index contributed by atoms with van der Waals surface area (Å²) in [5.41, 5.74) is 15.7. The minimum absolute atomic E-state index is 0.0300. The number of ether oxygens (including phenoxy) is 1. The Morgan fingerprint density at radius 3 is 2.04 bits per heavy atom. The molecule has 1 saturated heterocycles. The molecule has 3 aromatic carbocycles. The molecule has 1 spiro atoms. The maximum Gasteiger partial charge on any atom is 0.324 e. The van der Waals surface area contributed by atoms with Gasteiger partial charge >= 0.3 is 6.03 Å². The number of aromatic nitrogens is 2. The summed E-state index contributed by atoms with van der Waals surface area (Å²) >= 11 is 1.91. The van der Waals surface area contributed by atoms with Gasteiger partial charge in [0.05, 0.1) is 12.0 Å². The Labute approximate surface area is 443 Å². The molecule has 0 bridgehead atoms. The number of fused-ring (bicyclic) bond motifs is 4. The van der Waals surface area contributed by atoms with Crippen LogP contribution in [0.2, 0.25) is 0 Å². The van der Waals surface area contributed by atoms with E-state index in [9.17, 15) is 24.0 Å². The summed E-state index contributed by atoms with van der Waals surface area (Å²) in [7, 11) is 3.42. The van der Waals surface area contributed by atoms with Gasteiger partial charge in [0, 0.05) is 66.2 Å². The van der Waals surface area contributed by atoms with Crippen LogP contribution in [-0.2, 0) is 65.2 Å². The van der Waals surface area contributed by atoms with Gasteiger partial charge in [-0.2, -0.15) is 11.8 Å². The highest BCUT2D eigenvalue weighted by Crippen LogP contribution is 2.47. The van der Waals surface area contributed by atoms with E-state index in [-0.39, 0.29) is 53.9 Å². The van der Waals surface area contributed by atoms with E-state index in [1.807, 2.05) is 114 Å². The van der Waals surface area contributed by atoms with E-state index in [0.29, 0.717) is 36.6 Å². The minimum Gasteiger partial charge on any atom is -0.370 e. The molecule has 5 aromatic rings. The van der Waals surface area contributed by atoms with E-state index in [1.54, 1.807) is 26.6 Å². The third-order valence-electron chi connectivity index (χ3n) is 14.6. The van der Waals surface area contributed by atoms with Crippen LogP contribution in [0.1, 0.15) is 73.9 Å². The number of benzene rings is 3. The zero-order valence-corrected chi connectivity index (χ0v) is 44.4. The third-order valence-corrected chi connectivity index (χ3v) is 15.7. The average molecular weight is 1030 g/mol. The smallest absolute Gasteiger partial charge is 0.324 e. The predicted octanol–water partition coefficient (Wildman–Crippen LogP) is 8.18. The van der Waals surface area contributed by atoms with Crippen molar-refractivity contribution in [1.29, 1.82) is 0 Å². The maximum atomic E-state index is 13.6. The van der Waals surface area contributed by atoms with Crippen molar-refractivity contribution < 1.29 is 33.5 Å². The van der Waals surface area contributed by atoms with Crippen molar-refractivity contribution in [2.75, 3.05) is 64.9 Å². The number of allylic oxidation sites excluding steroid dienone is 2. The first-order chi connectivity index (χ1) is 36.1. The fourth-order valence-electron chi connectivity index (χ4n) is 10.7. The second-order valence-electron chi connectivity index (χ2n) is 19.8. The number of rotatable bonds is 11. The number of para-hydroxylation sites is 1. The number of carbonyl (C=O) groups excluding carboxylic acids is 6. The van der Waals surface area contributed by atoms with Crippen LogP contribution in [0.15, 0.2) is 127 Å². The number of urea groups is 1. The standard InChI is InChI=1S/C30H31N5O3S.C18H20N4O2.C9H14O.CH2O/c1-34(29(38)35(23-6-3-2-4-7-23)24-11-14-39-15-12-24)19-26(36)32-22-10-9-20-17-30(18-21(20)16-22)25-8-5-13-31-27(25)33-28(30)37;1-18(15-3-2-6-20-17(15)21-11-23)8-12-4-5-14(7-13(12)9-18)22-16(24)10-19;1-7-5-8(2)9(3,6-7)10-4;1-2/h2-10,13,16,24H,11-12,14-15,17-19H2,1H3,(H,32,36)(H,31,33,37);2-7,11H,8-10,19H2,1H3,(H,22,24)(H,20,21,23);5-6H,1-4H3;1H2. The Kier molecular flexibility index (Phi) is 17.9. The summed E-state index contributed by atoms with van der Waals surface area (Å²) in [5.74, 6) is 2.77. The van der Waals surface area contributed by atoms with Gasteiger partial charge in [-0.1, -0.05) is 61.0 Å². The lowest BCUT2D eigenvalue weighted by Gasteiger charge is -2.36. The Morgan fingerprint density at radius 2 is 1.43 bits per heavy atom. The Morgan fingerprint density at radius 1 is 0.827 bits per heavy atom. The minimum atomic E-state index is -0.653. The van der Waals surface area contributed by atoms with Crippen molar-refractivity contribution in [1.82, 2.24) is 14.9 Å². The van der Waals surface area contributed by atoms with E-state index >= 15 is 0 Å². The molecule has 1 fully saturated rings. The second kappa shape index (κ2) is 24.3. The van der Waals surface area contributed by atoms with Crippen LogP contribution in [0.4, 0.5) is 33.5 Å². The third kappa shape index (κ3) is 12.4. The number of nitrogens with one attached hydrogen (secondary N) is 4. The van der Waals surface area contributed by atoms with Crippen molar-refractivity contribution in [3.05, 3.63) is 160 Å². The number of likely N-dealkylation sites (N-methyl/N-ethyl adjacent to an activating group) is 1. The fourth-order valence-corrected chi connectivity index (χ4v) is 11.8. The van der Waals surface area contributed by atoms with Gasteiger partial charge in [-0.25, -0.2) is 14.8 Å². The molecule has 0 radical (unpaired) electrons. The highest BCUT2D eigenvalue weighted by Gasteiger charge is 2.51. The van der Waals surface area contributed by atoms with Crippen molar-refractivity contribution in [3.63, 3.8) is 0 Å². The van der Waals surface area contributed by atoms with E-state index in [0.717, 1.165) is 70.8 Å². The van der Waals surface area contributed by atoms with Crippen molar-refractivity contribution in [2.24, 2.45) is 5.73 Å². The topological polar surface area (TPSA) is 218 Å². The van der Waals surface area contributed by atoms with Crippen LogP contribution >= 0.6 is 11.8 Å². The molecule has 2 aromatic heterocycles. The van der Waals surface area contributed by atoms with Crippen molar-refractivity contribution in [2.45, 2.75) is 88.7 Å². The molecule has 4 heterocycles. The number of anilines is 5. The van der Waals surface area contributed by atoms with Gasteiger partial charge in [-0.15, -0.1) is 0 Å². The number of hydrogen-bond donors (Lipinski definition) is 5. The van der Waals surface area contributed by atoms with Gasteiger partial charge in [0.2, 0.25) is 24.1 Å². The van der Waals surface area contributed by atoms with E-state index in [1.165, 1.54) is 27.2 Å². The number of pyridine rings is 2. The molecule has 10 rings (SSSR count). The number of amides is 6. The molecular formula is C58H67N9O7S. The van der Waals surface area contributed by atoms with Gasteiger partial charge in [-0.3, -0.25) is 24.1 Å². The number of thioether (sulfide) groups is 1. The molecule has 5 aliphatic rings. The SMILES string of the molecule is C=O.CC1(c2cccnc2NC=O)Cc2ccc(NC(=O)CN)cc2C1.CN(CC(=O)Nc1ccc2c(c1)CC1(C2)C(=O)Nc2ncccc21)C(=O)N(c1ccccc1)C1CCSCC1.COC1(C)C=C(C)C=C1C. The van der Waals surface area contributed by atoms with E-state index in [4.69, 9.17) is 15.3 Å². The maximum absolute atomic E-state index is 13.6. The summed E-state index contributed by atoms with van der Waals surface area (Å²) in [6, 6.07) is 29.1. The zero-order chi connectivity index (χ0) is 53.9. The Bertz CT molecular complexity index is 2980. The van der Waals surface area contributed by atoms with Gasteiger partial charge in [0.15, 0.2) is 0 Å². The molecular weight excluding hydrogens is 967 g/mol. The summed E-state index contributed by atoms with van der Waals surface area (Å²) in [6.07, 6.45) is 13.0. The zero-order valence-electron chi connectivity index (χ0n) is 43.5. The number of methoxy groups -OCH3 is 1. The van der Waals surface area contributed by atoms with Crippen LogP contribution in [0.25, 0.3) is 0 Å². The summed E-state index contributed by atoms with van der Waals surface area (Å²) < 4.78 is 5.34. The molecule has 3 aliphatic carbocycles. The van der Waals surface area contributed by atoms with Crippen LogP contribution in [-0.4, -0.2) is 102 Å². The lowest BCUT2D eigenvalue weighted by molar-refractivity contribution is -0.120. The number of hydrogen-bond acceptors (Lipinski definition) is 11. The van der Waals surface area contributed by atoms with E-state index in [2.05, 4.69) is 71.1 Å². The average Bonchev–Trinajstić information content (AvgIpc) is 4.13. The lowest BCUT2D eigenvalue weighted by atomic mass is 9.79. The van der Waals surface area contributed by atoms with Crippen LogP contribution in [0.5, 0.6) is 0 Å². The van der Waals surface area contributed by atoms with Gasteiger partial charge in [0.25, 0.3) is 0 Å². The highest BCUT2D eigenvalue weighted by molar-refractivity contribution is 7.99. The summed E-state index contributed by atoms with van der Waals surface area (Å²) in [4.78, 5) is 81.8. The second-order valence-corrected chi connectivity index (χ2v) is 21.1. The molecule has 16 nitrogen and oxygen atoms in total. The molecule has 6 N–H and O–H groups in total.